The van der Waals surface area contributed by atoms with Crippen LogP contribution in [0.15, 0.2) is 0 Å². The van der Waals surface area contributed by atoms with Crippen molar-refractivity contribution in [2.75, 3.05) is 57.8 Å². The average Bonchev–Trinajstić information content (AvgIpc) is 2.70. The molecule has 0 aromatic rings. The lowest BCUT2D eigenvalue weighted by atomic mass is 9.85. The van der Waals surface area contributed by atoms with Gasteiger partial charge in [0, 0.05) is 32.2 Å². The number of carbonyl (C=O) groups is 1. The molecule has 0 N–H and O–H groups in total. The van der Waals surface area contributed by atoms with Gasteiger partial charge in [-0.1, -0.05) is 6.42 Å². The second-order valence-electron chi connectivity index (χ2n) is 7.80. The number of likely N-dealkylation sites (N-methyl/N-ethyl adjacent to an activating group) is 1. The summed E-state index contributed by atoms with van der Waals surface area (Å²) in [6.45, 7) is 5.24. The van der Waals surface area contributed by atoms with Gasteiger partial charge in [0.2, 0.25) is 5.91 Å². The normalized spacial score (nSPS) is 28.8. The second kappa shape index (κ2) is 7.70. The molecule has 0 aromatic heterocycles. The fourth-order valence-corrected chi connectivity index (χ4v) is 5.81. The summed E-state index contributed by atoms with van der Waals surface area (Å²) in [7, 11) is -1.02. The summed E-state index contributed by atoms with van der Waals surface area (Å²) in [4.78, 5) is 19.0. The maximum Gasteiger partial charge on any atom is 0.236 e. The highest BCUT2D eigenvalue weighted by molar-refractivity contribution is 7.91. The minimum atomic E-state index is -2.90. The Balaban J connectivity index is 1.44. The van der Waals surface area contributed by atoms with Crippen LogP contribution in [0.25, 0.3) is 0 Å². The molecular weight excluding hydrogens is 326 g/mol. The minimum absolute atomic E-state index is 0.000966. The largest absolute Gasteiger partial charge is 0.340 e. The Labute approximate surface area is 146 Å². The van der Waals surface area contributed by atoms with Gasteiger partial charge in [0.1, 0.15) is 0 Å². The topological polar surface area (TPSA) is 60.9 Å². The highest BCUT2D eigenvalue weighted by atomic mass is 32.2. The third kappa shape index (κ3) is 4.70. The van der Waals surface area contributed by atoms with Crippen LogP contribution in [-0.2, 0) is 14.6 Å². The molecule has 7 heteroatoms. The fraction of sp³-hybridized carbons (Fsp3) is 0.941. The van der Waals surface area contributed by atoms with Crippen molar-refractivity contribution in [1.82, 2.24) is 14.7 Å². The van der Waals surface area contributed by atoms with E-state index >= 15 is 0 Å². The molecule has 0 spiro atoms. The number of sulfone groups is 1. The van der Waals surface area contributed by atoms with Crippen LogP contribution in [0.3, 0.4) is 0 Å². The van der Waals surface area contributed by atoms with Gasteiger partial charge in [0.05, 0.1) is 18.1 Å². The molecule has 1 saturated carbocycles. The first-order valence-electron chi connectivity index (χ1n) is 9.34. The molecule has 0 aromatic carbocycles. The summed E-state index contributed by atoms with van der Waals surface area (Å²) < 4.78 is 23.2. The van der Waals surface area contributed by atoms with Crippen LogP contribution in [0.4, 0.5) is 0 Å². The lowest BCUT2D eigenvalue weighted by Gasteiger charge is -2.31. The Morgan fingerprint density at radius 2 is 1.88 bits per heavy atom. The summed E-state index contributed by atoms with van der Waals surface area (Å²) in [6.07, 6.45) is 5.82. The molecule has 138 valence electrons. The zero-order valence-electron chi connectivity index (χ0n) is 14.8. The van der Waals surface area contributed by atoms with Crippen molar-refractivity contribution < 1.29 is 13.2 Å². The van der Waals surface area contributed by atoms with Crippen LogP contribution < -0.4 is 0 Å². The Morgan fingerprint density at radius 1 is 1.08 bits per heavy atom. The van der Waals surface area contributed by atoms with Gasteiger partial charge in [-0.2, -0.15) is 0 Å². The van der Waals surface area contributed by atoms with E-state index in [0.717, 1.165) is 38.5 Å². The average molecular weight is 358 g/mol. The molecule has 2 heterocycles. The quantitative estimate of drug-likeness (QED) is 0.715. The molecule has 3 rings (SSSR count). The SMILES string of the molecule is CN(CC(=O)N1CCCN(CC2CCC2)CC1)C1CCS(=O)(=O)C1. The molecule has 1 amide bonds. The van der Waals surface area contributed by atoms with Crippen LogP contribution in [0, 0.1) is 5.92 Å². The third-order valence-electron chi connectivity index (χ3n) is 5.90. The number of hydrogen-bond acceptors (Lipinski definition) is 5. The molecule has 6 nitrogen and oxygen atoms in total. The Kier molecular flexibility index (Phi) is 5.82. The van der Waals surface area contributed by atoms with Crippen molar-refractivity contribution in [3.8, 4) is 0 Å². The number of rotatable bonds is 5. The Morgan fingerprint density at radius 3 is 2.50 bits per heavy atom. The molecule has 1 aliphatic carbocycles. The Bertz CT molecular complexity index is 547. The van der Waals surface area contributed by atoms with E-state index in [2.05, 4.69) is 4.90 Å². The lowest BCUT2D eigenvalue weighted by Crippen LogP contribution is -2.44. The van der Waals surface area contributed by atoms with Gasteiger partial charge in [0.15, 0.2) is 9.84 Å². The summed E-state index contributed by atoms with van der Waals surface area (Å²) >= 11 is 0. The van der Waals surface area contributed by atoms with Crippen LogP contribution in [0.5, 0.6) is 0 Å². The van der Waals surface area contributed by atoms with Crippen molar-refractivity contribution in [2.24, 2.45) is 5.92 Å². The maximum absolute atomic E-state index is 12.6. The summed E-state index contributed by atoms with van der Waals surface area (Å²) in [6, 6.07) is 0.000966. The monoisotopic (exact) mass is 357 g/mol. The molecule has 1 unspecified atom stereocenters. The van der Waals surface area contributed by atoms with Gasteiger partial charge in [-0.25, -0.2) is 8.42 Å². The van der Waals surface area contributed by atoms with E-state index in [9.17, 15) is 13.2 Å². The van der Waals surface area contributed by atoms with Gasteiger partial charge >= 0.3 is 0 Å². The molecular formula is C17H31N3O3S. The maximum atomic E-state index is 12.6. The summed E-state index contributed by atoms with van der Waals surface area (Å²) in [5.41, 5.74) is 0. The number of nitrogens with zero attached hydrogens (tertiary/aromatic N) is 3. The Hall–Kier alpha value is -0.660. The molecule has 24 heavy (non-hydrogen) atoms. The van der Waals surface area contributed by atoms with E-state index in [4.69, 9.17) is 0 Å². The highest BCUT2D eigenvalue weighted by Gasteiger charge is 2.32. The molecule has 0 bridgehead atoms. The van der Waals surface area contributed by atoms with E-state index < -0.39 is 9.84 Å². The van der Waals surface area contributed by atoms with Crippen molar-refractivity contribution in [1.29, 1.82) is 0 Å². The molecule has 0 radical (unpaired) electrons. The van der Waals surface area contributed by atoms with Crippen LogP contribution in [0.1, 0.15) is 32.1 Å². The van der Waals surface area contributed by atoms with Crippen molar-refractivity contribution in [3.63, 3.8) is 0 Å². The predicted octanol–water partition coefficient (Wildman–Crippen LogP) is 0.440. The van der Waals surface area contributed by atoms with E-state index in [1.165, 1.54) is 25.8 Å². The van der Waals surface area contributed by atoms with E-state index in [0.29, 0.717) is 13.0 Å². The molecule has 1 atom stereocenters. The smallest absolute Gasteiger partial charge is 0.236 e. The first-order valence-corrected chi connectivity index (χ1v) is 11.2. The second-order valence-corrected chi connectivity index (χ2v) is 10.0. The van der Waals surface area contributed by atoms with Gasteiger partial charge in [-0.15, -0.1) is 0 Å². The first-order chi connectivity index (χ1) is 11.4. The standard InChI is InChI=1S/C17H31N3O3S/c1-18(16-6-11-24(22,23)14-16)13-17(21)20-8-3-7-19(9-10-20)12-15-4-2-5-15/h15-16H,2-14H2,1H3. The number of amides is 1. The van der Waals surface area contributed by atoms with E-state index in [1.54, 1.807) is 0 Å². The number of hydrogen-bond donors (Lipinski definition) is 0. The van der Waals surface area contributed by atoms with Gasteiger partial charge < -0.3 is 9.80 Å². The van der Waals surface area contributed by atoms with Crippen LogP contribution >= 0.6 is 0 Å². The van der Waals surface area contributed by atoms with Crippen LogP contribution in [-0.4, -0.2) is 92.9 Å². The number of carbonyl (C=O) groups excluding carboxylic acids is 1. The first kappa shape index (κ1) is 18.1. The predicted molar refractivity (Wildman–Crippen MR) is 94.7 cm³/mol. The van der Waals surface area contributed by atoms with Gasteiger partial charge in [0.25, 0.3) is 0 Å². The summed E-state index contributed by atoms with van der Waals surface area (Å²) in [5, 5.41) is 0. The molecule has 2 saturated heterocycles. The lowest BCUT2D eigenvalue weighted by molar-refractivity contribution is -0.132. The molecule has 2 aliphatic heterocycles. The zero-order valence-corrected chi connectivity index (χ0v) is 15.6. The molecule has 3 aliphatic rings. The minimum Gasteiger partial charge on any atom is -0.340 e. The van der Waals surface area contributed by atoms with E-state index in [-0.39, 0.29) is 23.5 Å². The third-order valence-corrected chi connectivity index (χ3v) is 7.65. The van der Waals surface area contributed by atoms with Crippen molar-refractivity contribution >= 4 is 15.7 Å². The van der Waals surface area contributed by atoms with Crippen molar-refractivity contribution in [3.05, 3.63) is 0 Å². The van der Waals surface area contributed by atoms with E-state index in [1.807, 2.05) is 16.8 Å². The van der Waals surface area contributed by atoms with Gasteiger partial charge in [-0.05, 0) is 45.2 Å². The highest BCUT2D eigenvalue weighted by Crippen LogP contribution is 2.27. The van der Waals surface area contributed by atoms with Crippen molar-refractivity contribution in [2.45, 2.75) is 38.1 Å². The fourth-order valence-electron chi connectivity index (χ4n) is 4.01. The summed E-state index contributed by atoms with van der Waals surface area (Å²) in [5.74, 6) is 1.48. The van der Waals surface area contributed by atoms with Crippen LogP contribution in [0.2, 0.25) is 0 Å². The van der Waals surface area contributed by atoms with Gasteiger partial charge in [-0.3, -0.25) is 9.69 Å². The molecule has 3 fully saturated rings. The zero-order chi connectivity index (χ0) is 17.2.